The molecule has 0 fully saturated rings. The van der Waals surface area contributed by atoms with Crippen molar-refractivity contribution in [1.82, 2.24) is 0 Å². The second kappa shape index (κ2) is 15.3. The lowest BCUT2D eigenvalue weighted by Crippen LogP contribution is -2.44. The predicted molar refractivity (Wildman–Crippen MR) is 107 cm³/mol. The highest BCUT2D eigenvalue weighted by Gasteiger charge is 2.36. The zero-order valence-electron chi connectivity index (χ0n) is 13.8. The molecule has 0 radical (unpaired) electrons. The number of rotatable bonds is 15. The van der Waals surface area contributed by atoms with Gasteiger partial charge >= 0.3 is 11.9 Å². The maximum absolute atomic E-state index is 11.7. The number of ether oxygens (including phenoxy) is 4. The van der Waals surface area contributed by atoms with E-state index < -0.39 is 23.6 Å². The van der Waals surface area contributed by atoms with Crippen molar-refractivity contribution in [2.75, 3.05) is 56.0 Å². The lowest BCUT2D eigenvalue weighted by Gasteiger charge is -2.32. The molecule has 0 saturated heterocycles. The average Bonchev–Trinajstić information content (AvgIpc) is 2.62. The minimum absolute atomic E-state index is 0.0602. The van der Waals surface area contributed by atoms with E-state index in [2.05, 4.69) is 50.5 Å². The van der Waals surface area contributed by atoms with Gasteiger partial charge in [-0.3, -0.25) is 9.59 Å². The number of hydrogen-bond donors (Lipinski definition) is 5. The number of hydrogen-bond acceptors (Lipinski definition) is 11. The van der Waals surface area contributed by atoms with Crippen molar-refractivity contribution in [2.45, 2.75) is 12.7 Å². The van der Waals surface area contributed by atoms with Crippen LogP contribution in [0.2, 0.25) is 0 Å². The Kier molecular flexibility index (Phi) is 15.4. The van der Waals surface area contributed by atoms with Gasteiger partial charge in [0.1, 0.15) is 13.2 Å². The second-order valence-corrected chi connectivity index (χ2v) is 6.75. The fourth-order valence-electron chi connectivity index (χ4n) is 1.61. The first-order valence-electron chi connectivity index (χ1n) is 7.55. The Balaban J connectivity index is 5.06. The first-order chi connectivity index (χ1) is 11.9. The fourth-order valence-corrected chi connectivity index (χ4v) is 2.11. The third-order valence-corrected chi connectivity index (χ3v) is 3.88. The molecule has 0 rings (SSSR count). The Morgan fingerprint density at radius 1 is 0.920 bits per heavy atom. The van der Waals surface area contributed by atoms with Crippen LogP contribution in [0.25, 0.3) is 0 Å². The van der Waals surface area contributed by atoms with Gasteiger partial charge in [-0.2, -0.15) is 50.5 Å². The van der Waals surface area contributed by atoms with Crippen LogP contribution in [0.4, 0.5) is 0 Å². The second-order valence-electron chi connectivity index (χ2n) is 5.18. The first kappa shape index (κ1) is 25.2. The Morgan fingerprint density at radius 2 is 1.56 bits per heavy atom. The van der Waals surface area contributed by atoms with Gasteiger partial charge in [0.15, 0.2) is 6.29 Å². The summed E-state index contributed by atoms with van der Waals surface area (Å²) in [7, 11) is 0. The molecule has 0 aromatic carbocycles. The average molecular weight is 435 g/mol. The van der Waals surface area contributed by atoms with Gasteiger partial charge < -0.3 is 24.1 Å². The van der Waals surface area contributed by atoms with E-state index in [1.807, 2.05) is 0 Å². The Morgan fingerprint density at radius 3 is 2.08 bits per heavy atom. The van der Waals surface area contributed by atoms with Crippen molar-refractivity contribution in [2.24, 2.45) is 5.41 Å². The number of aliphatic hydroxyl groups excluding tert-OH is 1. The Bertz CT molecular complexity index is 386. The molecule has 2 atom stereocenters. The molecule has 0 aliphatic carbocycles. The molecule has 0 spiro atoms. The molecule has 0 aliphatic heterocycles. The monoisotopic (exact) mass is 434 g/mol. The van der Waals surface area contributed by atoms with Crippen LogP contribution in [0.5, 0.6) is 0 Å². The van der Waals surface area contributed by atoms with Crippen LogP contribution >= 0.6 is 50.5 Å². The molecule has 0 bridgehead atoms. The molecule has 0 heterocycles. The van der Waals surface area contributed by atoms with Crippen LogP contribution < -0.4 is 0 Å². The lowest BCUT2D eigenvalue weighted by atomic mass is 9.92. The summed E-state index contributed by atoms with van der Waals surface area (Å²) in [6, 6.07) is 0. The van der Waals surface area contributed by atoms with Gasteiger partial charge in [0, 0.05) is 17.3 Å². The van der Waals surface area contributed by atoms with Gasteiger partial charge in [0.05, 0.1) is 37.4 Å². The van der Waals surface area contributed by atoms with Gasteiger partial charge in [-0.25, -0.2) is 0 Å². The van der Waals surface area contributed by atoms with Gasteiger partial charge in [-0.1, -0.05) is 0 Å². The van der Waals surface area contributed by atoms with Crippen molar-refractivity contribution < 1.29 is 33.6 Å². The third kappa shape index (κ3) is 12.3. The van der Waals surface area contributed by atoms with Crippen molar-refractivity contribution in [3.8, 4) is 0 Å². The predicted octanol–water partition coefficient (Wildman–Crippen LogP) is 0.520. The maximum atomic E-state index is 11.7. The van der Waals surface area contributed by atoms with Crippen LogP contribution in [0.3, 0.4) is 0 Å². The number of thiol groups is 4. The summed E-state index contributed by atoms with van der Waals surface area (Å²) < 4.78 is 21.2. The van der Waals surface area contributed by atoms with Crippen LogP contribution in [0, 0.1) is 5.41 Å². The first-order valence-corrected chi connectivity index (χ1v) is 10.1. The largest absolute Gasteiger partial charge is 0.465 e. The molecule has 2 unspecified atom stereocenters. The molecule has 1 N–H and O–H groups in total. The quantitative estimate of drug-likeness (QED) is 0.111. The van der Waals surface area contributed by atoms with Crippen molar-refractivity contribution in [3.63, 3.8) is 0 Å². The normalized spacial score (nSPS) is 14.6. The van der Waals surface area contributed by atoms with Crippen LogP contribution in [-0.4, -0.2) is 79.4 Å². The van der Waals surface area contributed by atoms with Gasteiger partial charge in [0.2, 0.25) is 0 Å². The van der Waals surface area contributed by atoms with E-state index >= 15 is 0 Å². The highest BCUT2D eigenvalue weighted by Crippen LogP contribution is 2.22. The molecule has 0 aromatic heterocycles. The molecule has 0 aromatic rings. The third-order valence-electron chi connectivity index (χ3n) is 2.91. The molecule has 11 heteroatoms. The van der Waals surface area contributed by atoms with Gasteiger partial charge in [0.25, 0.3) is 0 Å². The minimum Gasteiger partial charge on any atom is -0.465 e. The molecule has 0 amide bonds. The van der Waals surface area contributed by atoms with Crippen molar-refractivity contribution in [3.05, 3.63) is 0 Å². The molecule has 7 nitrogen and oxygen atoms in total. The summed E-state index contributed by atoms with van der Waals surface area (Å²) in [4.78, 5) is 23.1. The summed E-state index contributed by atoms with van der Waals surface area (Å²) in [6.07, 6.45) is -0.964. The SMILES string of the molecule is O=C(CS)OCC(COCCS)(COC(=O)CCS)COC(O)CS. The van der Waals surface area contributed by atoms with Crippen LogP contribution in [0.1, 0.15) is 6.42 Å². The molecule has 148 valence electrons. The molecule has 25 heavy (non-hydrogen) atoms. The summed E-state index contributed by atoms with van der Waals surface area (Å²) in [5, 5.41) is 9.59. The van der Waals surface area contributed by atoms with Crippen LogP contribution in [-0.2, 0) is 28.5 Å². The molecule has 0 aliphatic rings. The van der Waals surface area contributed by atoms with E-state index in [1.165, 1.54) is 0 Å². The number of esters is 2. The fraction of sp³-hybridized carbons (Fsp3) is 0.857. The Labute approximate surface area is 170 Å². The zero-order chi connectivity index (χ0) is 19.1. The van der Waals surface area contributed by atoms with Gasteiger partial charge in [-0.05, 0) is 0 Å². The Hall–Kier alpha value is 0.220. The van der Waals surface area contributed by atoms with E-state index in [1.54, 1.807) is 0 Å². The lowest BCUT2D eigenvalue weighted by molar-refractivity contribution is -0.172. The highest BCUT2D eigenvalue weighted by atomic mass is 32.1. The minimum atomic E-state index is -1.11. The maximum Gasteiger partial charge on any atom is 0.315 e. The smallest absolute Gasteiger partial charge is 0.315 e. The molecular formula is C14H26O7S4. The van der Waals surface area contributed by atoms with E-state index in [-0.39, 0.29) is 44.4 Å². The highest BCUT2D eigenvalue weighted by molar-refractivity contribution is 7.81. The van der Waals surface area contributed by atoms with E-state index in [0.29, 0.717) is 18.1 Å². The van der Waals surface area contributed by atoms with E-state index in [9.17, 15) is 14.7 Å². The van der Waals surface area contributed by atoms with Crippen molar-refractivity contribution in [1.29, 1.82) is 0 Å². The topological polar surface area (TPSA) is 91.3 Å². The van der Waals surface area contributed by atoms with Crippen molar-refractivity contribution >= 4 is 62.5 Å². The molecular weight excluding hydrogens is 408 g/mol. The summed E-state index contributed by atoms with van der Waals surface area (Å²) in [6.45, 7) is 0.152. The number of aliphatic hydroxyl groups is 1. The van der Waals surface area contributed by atoms with E-state index in [0.717, 1.165) is 0 Å². The summed E-state index contributed by atoms with van der Waals surface area (Å²) in [5.74, 6) is -0.129. The zero-order valence-corrected chi connectivity index (χ0v) is 17.4. The summed E-state index contributed by atoms with van der Waals surface area (Å²) >= 11 is 15.8. The van der Waals surface area contributed by atoms with Crippen LogP contribution in [0.15, 0.2) is 0 Å². The van der Waals surface area contributed by atoms with E-state index in [4.69, 9.17) is 18.9 Å². The molecule has 0 saturated carbocycles. The number of carbonyl (C=O) groups is 2. The van der Waals surface area contributed by atoms with Gasteiger partial charge in [-0.15, -0.1) is 0 Å². The summed E-state index contributed by atoms with van der Waals surface area (Å²) in [5.41, 5.74) is -0.974. The standard InChI is InChI=1S/C14H26O7S4/c15-11(1-3-22)19-8-14(7-18-2-4-23,9-20-12(16)5-24)10-21-13(17)6-25/h12,16,22-25H,1-10H2. The number of carbonyl (C=O) groups excluding carboxylic acids is 2.